The second kappa shape index (κ2) is 4.21. The van der Waals surface area contributed by atoms with Crippen LogP contribution in [0.3, 0.4) is 0 Å². The quantitative estimate of drug-likeness (QED) is 0.730. The molecular formula is C13H20O3. The van der Waals surface area contributed by atoms with Crippen molar-refractivity contribution in [3.63, 3.8) is 0 Å². The largest absolute Gasteiger partial charge is 0.481 e. The Kier molecular flexibility index (Phi) is 3.06. The molecule has 0 bridgehead atoms. The third-order valence-corrected chi connectivity index (χ3v) is 3.93. The van der Waals surface area contributed by atoms with Crippen LogP contribution in [0, 0.1) is 11.3 Å². The molecule has 1 saturated carbocycles. The Morgan fingerprint density at radius 2 is 2.25 bits per heavy atom. The minimum atomic E-state index is -0.698. The van der Waals surface area contributed by atoms with Crippen LogP contribution in [0.4, 0.5) is 0 Å². The number of carboxylic acids is 1. The van der Waals surface area contributed by atoms with Crippen LogP contribution in [-0.2, 0) is 9.53 Å². The van der Waals surface area contributed by atoms with Gasteiger partial charge in [0.1, 0.15) is 0 Å². The molecule has 2 atom stereocenters. The summed E-state index contributed by atoms with van der Waals surface area (Å²) in [6, 6.07) is 0. The molecule has 1 N–H and O–H groups in total. The van der Waals surface area contributed by atoms with E-state index in [1.54, 1.807) is 0 Å². The van der Waals surface area contributed by atoms with Crippen molar-refractivity contribution in [3.05, 3.63) is 12.2 Å². The average Bonchev–Trinajstić information content (AvgIpc) is 3.00. The third-order valence-electron chi connectivity index (χ3n) is 3.93. The van der Waals surface area contributed by atoms with Gasteiger partial charge in [-0.15, -0.1) is 0 Å². The zero-order valence-electron chi connectivity index (χ0n) is 9.87. The Balaban J connectivity index is 2.19. The smallest absolute Gasteiger partial charge is 0.312 e. The van der Waals surface area contributed by atoms with Crippen LogP contribution in [0.25, 0.3) is 0 Å². The predicted octanol–water partition coefficient (Wildman–Crippen LogP) is 2.61. The lowest BCUT2D eigenvalue weighted by Crippen LogP contribution is -2.40. The minimum absolute atomic E-state index is 0.0756. The Bertz CT molecular complexity index is 306. The number of hydrogen-bond donors (Lipinski definition) is 1. The molecule has 0 spiro atoms. The highest BCUT2D eigenvalue weighted by atomic mass is 16.5. The van der Waals surface area contributed by atoms with E-state index in [9.17, 15) is 9.90 Å². The molecule has 1 heterocycles. The molecule has 90 valence electrons. The molecule has 0 amide bonds. The van der Waals surface area contributed by atoms with Gasteiger partial charge in [-0.3, -0.25) is 4.79 Å². The van der Waals surface area contributed by atoms with Gasteiger partial charge < -0.3 is 9.84 Å². The third kappa shape index (κ3) is 1.88. The van der Waals surface area contributed by atoms with E-state index in [2.05, 4.69) is 6.58 Å². The molecule has 1 aliphatic heterocycles. The molecule has 16 heavy (non-hydrogen) atoms. The fourth-order valence-corrected chi connectivity index (χ4v) is 2.72. The van der Waals surface area contributed by atoms with Gasteiger partial charge in [0, 0.05) is 6.61 Å². The van der Waals surface area contributed by atoms with Crippen LogP contribution in [0.1, 0.15) is 39.0 Å². The zero-order chi connectivity index (χ0) is 11.8. The molecule has 2 fully saturated rings. The van der Waals surface area contributed by atoms with E-state index in [0.717, 1.165) is 24.8 Å². The molecule has 0 aromatic carbocycles. The summed E-state index contributed by atoms with van der Waals surface area (Å²) < 4.78 is 5.68. The molecule has 2 unspecified atom stereocenters. The van der Waals surface area contributed by atoms with Gasteiger partial charge in [-0.05, 0) is 38.0 Å². The van der Waals surface area contributed by atoms with Crippen LogP contribution in [0.2, 0.25) is 0 Å². The SMILES string of the molecule is C=C(CC)CC1(C(=O)O)CCOC1C1CC1. The summed E-state index contributed by atoms with van der Waals surface area (Å²) in [4.78, 5) is 11.6. The van der Waals surface area contributed by atoms with E-state index in [4.69, 9.17) is 4.74 Å². The number of rotatable bonds is 5. The maximum Gasteiger partial charge on any atom is 0.312 e. The summed E-state index contributed by atoms with van der Waals surface area (Å²) in [6.45, 7) is 6.57. The molecule has 1 saturated heterocycles. The Hall–Kier alpha value is -0.830. The lowest BCUT2D eigenvalue weighted by molar-refractivity contribution is -0.153. The average molecular weight is 224 g/mol. The molecule has 2 aliphatic rings. The fourth-order valence-electron chi connectivity index (χ4n) is 2.72. The van der Waals surface area contributed by atoms with Gasteiger partial charge >= 0.3 is 5.97 Å². The lowest BCUT2D eigenvalue weighted by Gasteiger charge is -2.30. The van der Waals surface area contributed by atoms with Crippen LogP contribution < -0.4 is 0 Å². The van der Waals surface area contributed by atoms with E-state index >= 15 is 0 Å². The number of carboxylic acid groups (broad SMARTS) is 1. The van der Waals surface area contributed by atoms with Gasteiger partial charge in [0.25, 0.3) is 0 Å². The number of carbonyl (C=O) groups is 1. The topological polar surface area (TPSA) is 46.5 Å². The summed E-state index contributed by atoms with van der Waals surface area (Å²) >= 11 is 0. The first-order valence-corrected chi connectivity index (χ1v) is 6.12. The van der Waals surface area contributed by atoms with Crippen molar-refractivity contribution in [2.24, 2.45) is 11.3 Å². The summed E-state index contributed by atoms with van der Waals surface area (Å²) in [5, 5.41) is 9.53. The standard InChI is InChI=1S/C13H20O3/c1-3-9(2)8-13(12(14)15)6-7-16-11(13)10-4-5-10/h10-11H,2-8H2,1H3,(H,14,15). The van der Waals surface area contributed by atoms with E-state index < -0.39 is 11.4 Å². The minimum Gasteiger partial charge on any atom is -0.481 e. The molecule has 0 aromatic rings. The monoisotopic (exact) mass is 224 g/mol. The van der Waals surface area contributed by atoms with Crippen molar-refractivity contribution in [3.8, 4) is 0 Å². The van der Waals surface area contributed by atoms with Crippen molar-refractivity contribution in [2.45, 2.75) is 45.1 Å². The van der Waals surface area contributed by atoms with E-state index in [1.165, 1.54) is 0 Å². The fraction of sp³-hybridized carbons (Fsp3) is 0.769. The maximum atomic E-state index is 11.6. The van der Waals surface area contributed by atoms with Crippen LogP contribution in [0.5, 0.6) is 0 Å². The maximum absolute atomic E-state index is 11.6. The number of hydrogen-bond acceptors (Lipinski definition) is 2. The lowest BCUT2D eigenvalue weighted by atomic mass is 9.74. The van der Waals surface area contributed by atoms with Gasteiger partial charge in [0.05, 0.1) is 11.5 Å². The Labute approximate surface area is 96.5 Å². The number of allylic oxidation sites excluding steroid dienone is 1. The summed E-state index contributed by atoms with van der Waals surface area (Å²) in [6.07, 6.45) is 4.25. The normalized spacial score (nSPS) is 33.9. The summed E-state index contributed by atoms with van der Waals surface area (Å²) in [5.74, 6) is -0.222. The Morgan fingerprint density at radius 3 is 2.75 bits per heavy atom. The first-order chi connectivity index (χ1) is 7.60. The van der Waals surface area contributed by atoms with Crippen LogP contribution in [0.15, 0.2) is 12.2 Å². The van der Waals surface area contributed by atoms with Crippen molar-refractivity contribution in [2.75, 3.05) is 6.61 Å². The van der Waals surface area contributed by atoms with Gasteiger partial charge in [-0.1, -0.05) is 19.1 Å². The van der Waals surface area contributed by atoms with E-state index in [1.807, 2.05) is 6.92 Å². The number of aliphatic carboxylic acids is 1. The van der Waals surface area contributed by atoms with Crippen molar-refractivity contribution < 1.29 is 14.6 Å². The first kappa shape index (κ1) is 11.6. The second-order valence-corrected chi connectivity index (χ2v) is 5.12. The van der Waals surface area contributed by atoms with Gasteiger partial charge in [-0.2, -0.15) is 0 Å². The highest BCUT2D eigenvalue weighted by molar-refractivity contribution is 5.76. The second-order valence-electron chi connectivity index (χ2n) is 5.12. The van der Waals surface area contributed by atoms with Gasteiger partial charge in [0.15, 0.2) is 0 Å². The highest BCUT2D eigenvalue weighted by Gasteiger charge is 2.55. The van der Waals surface area contributed by atoms with E-state index in [-0.39, 0.29) is 6.10 Å². The number of ether oxygens (including phenoxy) is 1. The Morgan fingerprint density at radius 1 is 1.56 bits per heavy atom. The van der Waals surface area contributed by atoms with Gasteiger partial charge in [0.2, 0.25) is 0 Å². The van der Waals surface area contributed by atoms with E-state index in [0.29, 0.717) is 25.4 Å². The van der Waals surface area contributed by atoms with Crippen LogP contribution >= 0.6 is 0 Å². The molecule has 3 heteroatoms. The first-order valence-electron chi connectivity index (χ1n) is 6.12. The zero-order valence-corrected chi connectivity index (χ0v) is 9.87. The van der Waals surface area contributed by atoms with Crippen molar-refractivity contribution in [1.82, 2.24) is 0 Å². The molecule has 0 aromatic heterocycles. The molecule has 2 rings (SSSR count). The summed E-state index contributed by atoms with van der Waals surface area (Å²) in [7, 11) is 0. The van der Waals surface area contributed by atoms with Crippen molar-refractivity contribution in [1.29, 1.82) is 0 Å². The van der Waals surface area contributed by atoms with Crippen molar-refractivity contribution >= 4 is 5.97 Å². The molecule has 0 radical (unpaired) electrons. The summed E-state index contributed by atoms with van der Waals surface area (Å²) in [5.41, 5.74) is 0.340. The van der Waals surface area contributed by atoms with Gasteiger partial charge in [-0.25, -0.2) is 0 Å². The molecule has 3 nitrogen and oxygen atoms in total. The van der Waals surface area contributed by atoms with Crippen LogP contribution in [-0.4, -0.2) is 23.8 Å². The molecule has 1 aliphatic carbocycles. The predicted molar refractivity (Wildman–Crippen MR) is 61.2 cm³/mol. The highest BCUT2D eigenvalue weighted by Crippen LogP contribution is 2.50. The molecular weight excluding hydrogens is 204 g/mol.